The number of nitrogens with zero attached hydrogens (tertiary/aromatic N) is 12. The molecule has 686 valence electrons. The SMILES string of the molecule is c1ccc(-c2ccc(-n3c4ccccc4c4cc(-c5ccc6ccc7c(-c8ccccc8)nc(-c8ccccc8)nc7c6n5)ccc43)cc2)cc1.c1ccc(-c2ccc3c(c2)c2cc(-c4ccc5ccc6c(-c7ccccc7)nc(-c7ccccc7)nc6c5n4)ccc2n3-c2ccccc2)cc1.c1ccc(-c2nc(-c3ccccc3)c3ccc4ccc(-c5ccc6c(c5)c5ccccc5n6-c5ccccc5)nc4c3n2)cc1. The van der Waals surface area contributed by atoms with Crippen molar-refractivity contribution in [2.75, 3.05) is 0 Å². The van der Waals surface area contributed by atoms with E-state index >= 15 is 0 Å². The predicted octanol–water partition coefficient (Wildman–Crippen LogP) is 34.2. The van der Waals surface area contributed by atoms with E-state index in [2.05, 4.69) is 450 Å². The average molecular weight is 1880 g/mol. The number of benzene rings is 20. The number of pyridine rings is 3. The van der Waals surface area contributed by atoms with Crippen molar-refractivity contribution in [1.82, 2.24) is 58.6 Å². The van der Waals surface area contributed by atoms with Gasteiger partial charge in [-0.1, -0.05) is 388 Å². The first-order valence-corrected chi connectivity index (χ1v) is 49.5. The van der Waals surface area contributed by atoms with Crippen molar-refractivity contribution < 1.29 is 0 Å². The Balaban J connectivity index is 0.000000109. The zero-order valence-electron chi connectivity index (χ0n) is 79.5. The van der Waals surface area contributed by atoms with Crippen molar-refractivity contribution in [3.63, 3.8) is 0 Å². The summed E-state index contributed by atoms with van der Waals surface area (Å²) in [5, 5.41) is 13.3. The fourth-order valence-corrected chi connectivity index (χ4v) is 21.1. The second kappa shape index (κ2) is 36.9. The van der Waals surface area contributed by atoms with Gasteiger partial charge in [-0.3, -0.25) is 0 Å². The van der Waals surface area contributed by atoms with Crippen LogP contribution in [0, 0.1) is 0 Å². The second-order valence-corrected chi connectivity index (χ2v) is 37.0. The Morgan fingerprint density at radius 1 is 0.122 bits per heavy atom. The Kier molecular flexibility index (Phi) is 21.6. The maximum absolute atomic E-state index is 5.36. The van der Waals surface area contributed by atoms with E-state index in [0.29, 0.717) is 17.5 Å². The molecule has 29 rings (SSSR count). The molecule has 0 saturated carbocycles. The van der Waals surface area contributed by atoms with Crippen LogP contribution in [-0.2, 0) is 0 Å². The molecule has 0 saturated heterocycles. The first kappa shape index (κ1) is 86.2. The minimum Gasteiger partial charge on any atom is -0.309 e. The highest BCUT2D eigenvalue weighted by Gasteiger charge is 2.25. The Morgan fingerprint density at radius 3 is 0.667 bits per heavy atom. The summed E-state index contributed by atoms with van der Waals surface area (Å²) in [7, 11) is 0. The average Bonchev–Trinajstić information content (AvgIpc) is 1.63. The van der Waals surface area contributed by atoms with Crippen LogP contribution in [0.1, 0.15) is 0 Å². The number of para-hydroxylation sites is 4. The third-order valence-corrected chi connectivity index (χ3v) is 28.2. The molecule has 29 aromatic rings. The molecule has 20 aromatic carbocycles. The van der Waals surface area contributed by atoms with Gasteiger partial charge in [0.1, 0.15) is 16.6 Å². The molecule has 0 fully saturated rings. The summed E-state index contributed by atoms with van der Waals surface area (Å²) in [6.45, 7) is 0. The van der Waals surface area contributed by atoms with Crippen LogP contribution >= 0.6 is 0 Å². The van der Waals surface area contributed by atoms with Crippen LogP contribution in [0.25, 0.3) is 272 Å². The normalized spacial score (nSPS) is 11.5. The van der Waals surface area contributed by atoms with Crippen LogP contribution in [0.4, 0.5) is 0 Å². The molecule has 0 bridgehead atoms. The van der Waals surface area contributed by atoms with Crippen LogP contribution in [0.3, 0.4) is 0 Å². The van der Waals surface area contributed by atoms with Gasteiger partial charge in [0.25, 0.3) is 0 Å². The Morgan fingerprint density at radius 2 is 0.347 bits per heavy atom. The summed E-state index contributed by atoms with van der Waals surface area (Å²) < 4.78 is 7.05. The van der Waals surface area contributed by atoms with E-state index in [9.17, 15) is 0 Å². The van der Waals surface area contributed by atoms with Gasteiger partial charge in [0, 0.05) is 132 Å². The first-order valence-electron chi connectivity index (χ1n) is 49.5. The number of hydrogen-bond acceptors (Lipinski definition) is 9. The predicted molar refractivity (Wildman–Crippen MR) is 607 cm³/mol. The van der Waals surface area contributed by atoms with Crippen molar-refractivity contribution in [3.8, 4) is 141 Å². The molecular weight excluding hydrogens is 1790 g/mol. The van der Waals surface area contributed by atoms with Gasteiger partial charge >= 0.3 is 0 Å². The molecule has 0 N–H and O–H groups in total. The van der Waals surface area contributed by atoms with Crippen molar-refractivity contribution in [1.29, 1.82) is 0 Å². The lowest BCUT2D eigenvalue weighted by atomic mass is 10.0. The number of aromatic nitrogens is 12. The molecule has 147 heavy (non-hydrogen) atoms. The van der Waals surface area contributed by atoms with Crippen molar-refractivity contribution in [3.05, 3.63) is 522 Å². The van der Waals surface area contributed by atoms with Crippen LogP contribution in [0.5, 0.6) is 0 Å². The standard InChI is InChI=1S/2C47H30N4.C41H26N4/c1-5-13-31(14-6-1)35-23-27-42-39(29-35)40-30-36(24-28-43(40)51(42)37-19-11-4-12-20-37)41-26-22-33-21-25-38-44(32-15-7-2-8-16-32)49-47(34-17-9-3-10-18-34)50-46(38)45(33)48-41;1-4-12-31(13-5-1)32-20-25-37(26-21-32)51-42-19-11-10-18-38(42)40-30-36(24-29-43(40)51)41-28-23-34-22-27-39-44(33-14-6-2-7-15-33)49-47(35-16-8-3-9-17-35)50-46(39)45(34)48-41;1-4-12-27(13-5-1)38-33-23-20-28-21-24-35(42-39(28)40(33)44-41(43-38)29-14-6-2-7-15-29)30-22-25-37-34(26-30)32-18-10-11-19-36(32)45(37)31-16-8-3-9-17-31/h2*1-30H;1-26H. The highest BCUT2D eigenvalue weighted by Crippen LogP contribution is 2.45. The van der Waals surface area contributed by atoms with Gasteiger partial charge in [-0.05, 0) is 156 Å². The van der Waals surface area contributed by atoms with Crippen molar-refractivity contribution in [2.45, 2.75) is 0 Å². The maximum atomic E-state index is 5.36. The zero-order chi connectivity index (χ0) is 97.2. The summed E-state index contributed by atoms with van der Waals surface area (Å²) in [5.41, 5.74) is 35.1. The fraction of sp³-hybridized carbons (Fsp3) is 0. The third-order valence-electron chi connectivity index (χ3n) is 28.2. The van der Waals surface area contributed by atoms with E-state index in [-0.39, 0.29) is 0 Å². The van der Waals surface area contributed by atoms with Crippen LogP contribution in [-0.4, -0.2) is 58.6 Å². The number of rotatable bonds is 14. The van der Waals surface area contributed by atoms with Crippen molar-refractivity contribution >= 4 is 131 Å². The minimum absolute atomic E-state index is 0.686. The van der Waals surface area contributed by atoms with Gasteiger partial charge in [-0.2, -0.15) is 0 Å². The molecule has 9 heterocycles. The lowest BCUT2D eigenvalue weighted by Crippen LogP contribution is -1.97. The molecule has 9 aromatic heterocycles. The summed E-state index contributed by atoms with van der Waals surface area (Å²) in [6, 6.07) is 182. The molecule has 0 unspecified atom stereocenters. The third kappa shape index (κ3) is 15.8. The van der Waals surface area contributed by atoms with Crippen molar-refractivity contribution in [2.24, 2.45) is 0 Å². The lowest BCUT2D eigenvalue weighted by Gasteiger charge is -2.12. The van der Waals surface area contributed by atoms with E-state index in [1.165, 1.54) is 76.6 Å². The molecule has 12 heteroatoms. The Hall–Kier alpha value is -20.0. The summed E-state index contributed by atoms with van der Waals surface area (Å²) in [5.74, 6) is 2.07. The lowest BCUT2D eigenvalue weighted by molar-refractivity contribution is 1.18. The summed E-state index contributed by atoms with van der Waals surface area (Å²) in [6.07, 6.45) is 0. The largest absolute Gasteiger partial charge is 0.309 e. The maximum Gasteiger partial charge on any atom is 0.160 e. The van der Waals surface area contributed by atoms with E-state index in [0.717, 1.165) is 178 Å². The van der Waals surface area contributed by atoms with Gasteiger partial charge < -0.3 is 13.7 Å². The molecule has 0 amide bonds. The summed E-state index contributed by atoms with van der Waals surface area (Å²) in [4.78, 5) is 46.8. The van der Waals surface area contributed by atoms with Gasteiger partial charge in [0.15, 0.2) is 17.5 Å². The van der Waals surface area contributed by atoms with Crippen LogP contribution < -0.4 is 0 Å². The van der Waals surface area contributed by atoms with E-state index in [1.807, 2.05) is 84.9 Å². The van der Waals surface area contributed by atoms with Gasteiger partial charge in [0.05, 0.1) is 83.8 Å². The molecule has 0 aliphatic rings. The second-order valence-electron chi connectivity index (χ2n) is 37.0. The molecule has 12 nitrogen and oxygen atoms in total. The highest BCUT2D eigenvalue weighted by atomic mass is 15.0. The number of fused-ring (bicyclic) bond motifs is 18. The van der Waals surface area contributed by atoms with E-state index in [4.69, 9.17) is 44.9 Å². The Labute approximate surface area is 846 Å². The summed E-state index contributed by atoms with van der Waals surface area (Å²) >= 11 is 0. The molecule has 0 atom stereocenters. The van der Waals surface area contributed by atoms with E-state index in [1.54, 1.807) is 0 Å². The molecule has 0 spiro atoms. The quantitative estimate of drug-likeness (QED) is 0.0977. The topological polar surface area (TPSA) is 131 Å². The van der Waals surface area contributed by atoms with Crippen LogP contribution in [0.15, 0.2) is 522 Å². The number of hydrogen-bond donors (Lipinski definition) is 0. The molecule has 0 aliphatic heterocycles. The minimum atomic E-state index is 0.686. The fourth-order valence-electron chi connectivity index (χ4n) is 21.1. The smallest absolute Gasteiger partial charge is 0.160 e. The van der Waals surface area contributed by atoms with Gasteiger partial charge in [-0.15, -0.1) is 0 Å². The monoisotopic (exact) mass is 1870 g/mol. The highest BCUT2D eigenvalue weighted by molar-refractivity contribution is 6.17. The first-order chi connectivity index (χ1) is 72.9. The Bertz CT molecular complexity index is 10100. The zero-order valence-corrected chi connectivity index (χ0v) is 79.5. The van der Waals surface area contributed by atoms with Crippen LogP contribution in [0.2, 0.25) is 0 Å². The van der Waals surface area contributed by atoms with Gasteiger partial charge in [-0.25, -0.2) is 44.9 Å². The van der Waals surface area contributed by atoms with E-state index < -0.39 is 0 Å². The molecule has 0 radical (unpaired) electrons. The molecule has 0 aliphatic carbocycles. The van der Waals surface area contributed by atoms with Gasteiger partial charge in [0.2, 0.25) is 0 Å². The molecular formula is C135H86N12.